The average Bonchev–Trinajstić information content (AvgIpc) is 2.88. The molecule has 2 aromatic rings. The zero-order valence-electron chi connectivity index (χ0n) is 16.1. The molecule has 1 aromatic carbocycles. The topological polar surface area (TPSA) is 63.6 Å². The van der Waals surface area contributed by atoms with Gasteiger partial charge in [-0.15, -0.1) is 0 Å². The van der Waals surface area contributed by atoms with Crippen molar-refractivity contribution in [3.05, 3.63) is 50.8 Å². The molecule has 2 rings (SSSR count). The number of H-pyrrole nitrogens is 1. The Kier molecular flexibility index (Phi) is 6.42. The molecule has 0 spiro atoms. The number of aromatic amines is 1. The molecule has 1 unspecified atom stereocenters. The van der Waals surface area contributed by atoms with Crippen molar-refractivity contribution in [1.82, 2.24) is 4.98 Å². The molecule has 2 atom stereocenters. The Morgan fingerprint density at radius 3 is 2.50 bits per heavy atom. The minimum Gasteiger partial charge on any atom is -0.496 e. The van der Waals surface area contributed by atoms with E-state index in [0.717, 1.165) is 31.9 Å². The Bertz CT molecular complexity index is 842. The number of likely N-dealkylation sites (N-methyl/N-ethyl adjacent to an activating group) is 1. The summed E-state index contributed by atoms with van der Waals surface area (Å²) in [7, 11) is 3.63. The van der Waals surface area contributed by atoms with Gasteiger partial charge in [-0.2, -0.15) is 0 Å². The van der Waals surface area contributed by atoms with Crippen LogP contribution in [0.2, 0.25) is 0 Å². The smallest absolute Gasteiger partial charge is 0.235 e. The Morgan fingerprint density at radius 1 is 1.31 bits per heavy atom. The summed E-state index contributed by atoms with van der Waals surface area (Å²) in [4.78, 5) is 29.0. The van der Waals surface area contributed by atoms with Gasteiger partial charge in [0.15, 0.2) is 11.8 Å². The highest BCUT2D eigenvalue weighted by molar-refractivity contribution is 9.10. The van der Waals surface area contributed by atoms with Gasteiger partial charge in [-0.25, -0.2) is 0 Å². The molecule has 5 nitrogen and oxygen atoms in total. The normalized spacial score (nSPS) is 13.3. The quantitative estimate of drug-likeness (QED) is 0.675. The molecule has 140 valence electrons. The molecular formula is C20H26BrN2O3+. The number of Topliss-reactive ketones (excluding diaryl/α,β-unsaturated/α-hetero) is 2. The Balaban J connectivity index is 2.25. The van der Waals surface area contributed by atoms with Crippen LogP contribution in [0.1, 0.15) is 51.5 Å². The summed E-state index contributed by atoms with van der Waals surface area (Å²) in [6.07, 6.45) is 0. The van der Waals surface area contributed by atoms with Crippen LogP contribution in [0.15, 0.2) is 22.7 Å². The molecule has 0 saturated heterocycles. The second kappa shape index (κ2) is 8.18. The fourth-order valence-corrected chi connectivity index (χ4v) is 3.71. The summed E-state index contributed by atoms with van der Waals surface area (Å²) in [5, 5.41) is 0. The fraction of sp³-hybridized carbons (Fsp3) is 0.400. The van der Waals surface area contributed by atoms with Gasteiger partial charge in [0, 0.05) is 21.3 Å². The third-order valence-electron chi connectivity index (χ3n) is 4.88. The highest BCUT2D eigenvalue weighted by atomic mass is 79.9. The van der Waals surface area contributed by atoms with Crippen LogP contribution in [0.4, 0.5) is 0 Å². The molecule has 0 saturated carbocycles. The van der Waals surface area contributed by atoms with E-state index in [2.05, 4.69) is 20.9 Å². The molecule has 0 aliphatic carbocycles. The lowest BCUT2D eigenvalue weighted by molar-refractivity contribution is -0.907. The predicted molar refractivity (Wildman–Crippen MR) is 105 cm³/mol. The van der Waals surface area contributed by atoms with Crippen LogP contribution in [0.3, 0.4) is 0 Å². The summed E-state index contributed by atoms with van der Waals surface area (Å²) >= 11 is 3.48. The van der Waals surface area contributed by atoms with Crippen LogP contribution in [0.5, 0.6) is 5.75 Å². The number of hydrogen-bond donors (Lipinski definition) is 2. The zero-order chi connectivity index (χ0) is 19.6. The number of nitrogens with one attached hydrogen (secondary N) is 2. The fourth-order valence-electron chi connectivity index (χ4n) is 3.30. The van der Waals surface area contributed by atoms with Gasteiger partial charge in [0.2, 0.25) is 5.78 Å². The van der Waals surface area contributed by atoms with Crippen molar-refractivity contribution >= 4 is 27.5 Å². The first-order valence-corrected chi connectivity index (χ1v) is 9.35. The van der Waals surface area contributed by atoms with E-state index in [4.69, 9.17) is 4.74 Å². The van der Waals surface area contributed by atoms with Crippen molar-refractivity contribution in [2.75, 3.05) is 14.2 Å². The largest absolute Gasteiger partial charge is 0.496 e. The number of ether oxygens (including phenoxy) is 1. The lowest BCUT2D eigenvalue weighted by Gasteiger charge is -2.22. The average molecular weight is 422 g/mol. The number of quaternary nitrogens is 1. The number of aromatic nitrogens is 1. The number of aryl methyl sites for hydroxylation is 1. The molecule has 2 N–H and O–H groups in total. The molecule has 1 aromatic heterocycles. The Morgan fingerprint density at radius 2 is 1.96 bits per heavy atom. The van der Waals surface area contributed by atoms with E-state index in [1.54, 1.807) is 7.11 Å². The van der Waals surface area contributed by atoms with Crippen LogP contribution in [-0.2, 0) is 6.54 Å². The van der Waals surface area contributed by atoms with Crippen molar-refractivity contribution in [3.8, 4) is 5.75 Å². The first-order valence-electron chi connectivity index (χ1n) is 8.56. The summed E-state index contributed by atoms with van der Waals surface area (Å²) in [6.45, 7) is 7.73. The lowest BCUT2D eigenvalue weighted by Crippen LogP contribution is -3.12. The lowest BCUT2D eigenvalue weighted by atomic mass is 10.0. The SMILES string of the molecule is COc1ccc(Br)cc1C[NH+](C)[C@H](C)C(=O)c1[nH]c(C)c(C(C)=O)c1C. The summed E-state index contributed by atoms with van der Waals surface area (Å²) in [6, 6.07) is 5.59. The number of benzene rings is 1. The Labute approximate surface area is 162 Å². The van der Waals surface area contributed by atoms with E-state index in [1.807, 2.05) is 46.0 Å². The highest BCUT2D eigenvalue weighted by Crippen LogP contribution is 2.23. The molecule has 0 radical (unpaired) electrons. The number of ketones is 2. The molecule has 0 bridgehead atoms. The molecule has 0 aliphatic heterocycles. The highest BCUT2D eigenvalue weighted by Gasteiger charge is 2.29. The molecule has 6 heteroatoms. The predicted octanol–water partition coefficient (Wildman–Crippen LogP) is 2.89. The van der Waals surface area contributed by atoms with Gasteiger partial charge in [-0.05, 0) is 51.5 Å². The molecule has 0 amide bonds. The minimum atomic E-state index is -0.268. The van der Waals surface area contributed by atoms with Crippen LogP contribution in [0.25, 0.3) is 0 Å². The number of rotatable bonds is 7. The third-order valence-corrected chi connectivity index (χ3v) is 5.37. The second-order valence-electron chi connectivity index (χ2n) is 6.75. The van der Waals surface area contributed by atoms with E-state index in [1.165, 1.54) is 6.92 Å². The van der Waals surface area contributed by atoms with Crippen LogP contribution in [0, 0.1) is 13.8 Å². The molecule has 26 heavy (non-hydrogen) atoms. The van der Waals surface area contributed by atoms with Gasteiger partial charge < -0.3 is 14.6 Å². The van der Waals surface area contributed by atoms with E-state index in [0.29, 0.717) is 17.8 Å². The van der Waals surface area contributed by atoms with Crippen molar-refractivity contribution in [1.29, 1.82) is 0 Å². The standard InChI is InChI=1S/C20H25BrN2O3/c1-11-18(14(4)24)12(2)22-19(11)20(25)13(3)23(5)10-15-9-16(21)7-8-17(15)26-6/h7-9,13,22H,10H2,1-6H3/p+1/t13-/m1/s1. The van der Waals surface area contributed by atoms with E-state index in [-0.39, 0.29) is 17.6 Å². The molecule has 0 aliphatic rings. The van der Waals surface area contributed by atoms with Crippen molar-refractivity contribution in [2.45, 2.75) is 40.3 Å². The van der Waals surface area contributed by atoms with Gasteiger partial charge in [-0.3, -0.25) is 9.59 Å². The van der Waals surface area contributed by atoms with Gasteiger partial charge in [0.05, 0.1) is 19.9 Å². The monoisotopic (exact) mass is 421 g/mol. The van der Waals surface area contributed by atoms with E-state index < -0.39 is 0 Å². The maximum Gasteiger partial charge on any atom is 0.235 e. The summed E-state index contributed by atoms with van der Waals surface area (Å²) < 4.78 is 6.40. The summed E-state index contributed by atoms with van der Waals surface area (Å²) in [5.41, 5.74) is 3.66. The van der Waals surface area contributed by atoms with Gasteiger partial charge in [-0.1, -0.05) is 15.9 Å². The number of methoxy groups -OCH3 is 1. The maximum absolute atomic E-state index is 13.0. The number of carbonyl (C=O) groups is 2. The molecular weight excluding hydrogens is 396 g/mol. The van der Waals surface area contributed by atoms with Gasteiger partial charge in [0.1, 0.15) is 12.3 Å². The van der Waals surface area contributed by atoms with Gasteiger partial charge in [0.25, 0.3) is 0 Å². The number of hydrogen-bond acceptors (Lipinski definition) is 3. The van der Waals surface area contributed by atoms with Crippen molar-refractivity contribution in [3.63, 3.8) is 0 Å². The number of carbonyl (C=O) groups excluding carboxylic acids is 2. The first-order chi connectivity index (χ1) is 12.2. The minimum absolute atomic E-state index is 0.00423. The molecule has 1 heterocycles. The van der Waals surface area contributed by atoms with Crippen molar-refractivity contribution in [2.24, 2.45) is 0 Å². The van der Waals surface area contributed by atoms with Gasteiger partial charge >= 0.3 is 0 Å². The molecule has 0 fully saturated rings. The van der Waals surface area contributed by atoms with Crippen molar-refractivity contribution < 1.29 is 19.2 Å². The zero-order valence-corrected chi connectivity index (χ0v) is 17.7. The Hall–Kier alpha value is -1.92. The number of halogens is 1. The van der Waals surface area contributed by atoms with E-state index in [9.17, 15) is 9.59 Å². The first kappa shape index (κ1) is 20.4. The van der Waals surface area contributed by atoms with E-state index >= 15 is 0 Å². The van der Waals surface area contributed by atoms with Crippen LogP contribution >= 0.6 is 15.9 Å². The van der Waals surface area contributed by atoms with Crippen LogP contribution in [-0.4, -0.2) is 36.7 Å². The van der Waals surface area contributed by atoms with Crippen LogP contribution < -0.4 is 9.64 Å². The maximum atomic E-state index is 13.0. The second-order valence-corrected chi connectivity index (χ2v) is 7.66. The summed E-state index contributed by atoms with van der Waals surface area (Å²) in [5.74, 6) is 0.782. The third kappa shape index (κ3) is 4.07.